The topological polar surface area (TPSA) is 108 Å². The largest absolute Gasteiger partial charge is 0.465 e. The van der Waals surface area contributed by atoms with Gasteiger partial charge in [-0.1, -0.05) is 0 Å². The Hall–Kier alpha value is -1.70. The number of primary amides is 1. The summed E-state index contributed by atoms with van der Waals surface area (Å²) in [4.78, 5) is 33.3. The van der Waals surface area contributed by atoms with E-state index in [1.54, 1.807) is 6.26 Å². The van der Waals surface area contributed by atoms with Crippen LogP contribution in [0, 0.1) is 0 Å². The molecular weight excluding hydrogens is 236 g/mol. The fraction of sp³-hybridized carbons (Fsp3) is 0.375. The summed E-state index contributed by atoms with van der Waals surface area (Å²) in [6.45, 7) is 0. The molecule has 90 valence electrons. The zero-order valence-corrected chi connectivity index (χ0v) is 9.84. The van der Waals surface area contributed by atoms with E-state index in [4.69, 9.17) is 5.73 Å². The summed E-state index contributed by atoms with van der Waals surface area (Å²) in [5.74, 6) is -1.82. The van der Waals surface area contributed by atoms with E-state index in [9.17, 15) is 14.4 Å². The lowest BCUT2D eigenvalue weighted by Gasteiger charge is -2.09. The minimum atomic E-state index is -0.912. The van der Waals surface area contributed by atoms with Crippen molar-refractivity contribution in [1.29, 1.82) is 0 Å². The van der Waals surface area contributed by atoms with Crippen molar-refractivity contribution in [3.8, 4) is 0 Å². The third kappa shape index (κ3) is 3.81. The van der Waals surface area contributed by atoms with Crippen LogP contribution in [-0.4, -0.2) is 38.4 Å². The van der Waals surface area contributed by atoms with Gasteiger partial charge in [0, 0.05) is 0 Å². The summed E-state index contributed by atoms with van der Waals surface area (Å²) in [6, 6.07) is -0.894. The Kier molecular flexibility index (Phi) is 6.01. The summed E-state index contributed by atoms with van der Waals surface area (Å²) >= 11 is 0.960. The number of carbonyl (C=O) groups is 3. The van der Waals surface area contributed by atoms with E-state index in [-0.39, 0.29) is 5.03 Å². The van der Waals surface area contributed by atoms with Crippen LogP contribution in [0.4, 0.5) is 4.79 Å². The van der Waals surface area contributed by atoms with E-state index in [1.807, 2.05) is 0 Å². The fourth-order valence-corrected chi connectivity index (χ4v) is 1.37. The summed E-state index contributed by atoms with van der Waals surface area (Å²) < 4.78 is 8.79. The molecule has 8 heteroatoms. The van der Waals surface area contributed by atoms with Gasteiger partial charge in [-0.05, 0) is 6.26 Å². The first kappa shape index (κ1) is 14.3. The SMILES string of the molecule is COC(=O)C(C(=O)OC)=C(NC(N)=O)SC. The van der Waals surface area contributed by atoms with Crippen molar-refractivity contribution in [3.05, 3.63) is 10.6 Å². The highest BCUT2D eigenvalue weighted by Crippen LogP contribution is 2.16. The molecule has 0 aliphatic carbocycles. The number of urea groups is 1. The second-order valence-electron chi connectivity index (χ2n) is 2.38. The van der Waals surface area contributed by atoms with Gasteiger partial charge in [0.1, 0.15) is 0 Å². The van der Waals surface area contributed by atoms with Gasteiger partial charge in [-0.2, -0.15) is 0 Å². The Morgan fingerprint density at radius 1 is 1.12 bits per heavy atom. The van der Waals surface area contributed by atoms with Crippen molar-refractivity contribution in [3.63, 3.8) is 0 Å². The van der Waals surface area contributed by atoms with Gasteiger partial charge in [0.25, 0.3) is 0 Å². The highest BCUT2D eigenvalue weighted by atomic mass is 32.2. The molecule has 0 spiro atoms. The van der Waals surface area contributed by atoms with Crippen LogP contribution < -0.4 is 11.1 Å². The lowest BCUT2D eigenvalue weighted by molar-refractivity contribution is -0.144. The molecule has 0 aliphatic heterocycles. The van der Waals surface area contributed by atoms with Crippen molar-refractivity contribution in [2.45, 2.75) is 0 Å². The number of nitrogens with one attached hydrogen (secondary N) is 1. The van der Waals surface area contributed by atoms with Crippen molar-refractivity contribution in [1.82, 2.24) is 5.32 Å². The maximum absolute atomic E-state index is 11.3. The third-order valence-corrected chi connectivity index (χ3v) is 2.16. The third-order valence-electron chi connectivity index (χ3n) is 1.45. The number of thioether (sulfide) groups is 1. The Bertz CT molecular complexity index is 321. The number of hydrogen-bond donors (Lipinski definition) is 2. The van der Waals surface area contributed by atoms with Crippen LogP contribution in [0.15, 0.2) is 10.6 Å². The Morgan fingerprint density at radius 3 is 1.81 bits per heavy atom. The average molecular weight is 248 g/mol. The zero-order chi connectivity index (χ0) is 12.7. The molecular formula is C8H12N2O5S. The van der Waals surface area contributed by atoms with Crippen LogP contribution in [0.25, 0.3) is 0 Å². The smallest absolute Gasteiger partial charge is 0.348 e. The van der Waals surface area contributed by atoms with E-state index in [0.717, 1.165) is 26.0 Å². The average Bonchev–Trinajstić information content (AvgIpc) is 2.26. The lowest BCUT2D eigenvalue weighted by Crippen LogP contribution is -2.31. The molecule has 0 radical (unpaired) electrons. The molecule has 0 fully saturated rings. The Balaban J connectivity index is 5.37. The van der Waals surface area contributed by atoms with Gasteiger partial charge in [0.05, 0.1) is 19.2 Å². The summed E-state index contributed by atoms with van der Waals surface area (Å²) in [5, 5.41) is 2.12. The minimum absolute atomic E-state index is 0.0220. The van der Waals surface area contributed by atoms with Gasteiger partial charge >= 0.3 is 18.0 Å². The summed E-state index contributed by atoms with van der Waals surface area (Å²) in [7, 11) is 2.21. The number of rotatable bonds is 4. The number of hydrogen-bond acceptors (Lipinski definition) is 6. The Morgan fingerprint density at radius 2 is 1.56 bits per heavy atom. The normalized spacial score (nSPS) is 8.94. The molecule has 16 heavy (non-hydrogen) atoms. The van der Waals surface area contributed by atoms with Gasteiger partial charge < -0.3 is 20.5 Å². The van der Waals surface area contributed by atoms with Crippen molar-refractivity contribution < 1.29 is 23.9 Å². The molecule has 7 nitrogen and oxygen atoms in total. The van der Waals surface area contributed by atoms with E-state index < -0.39 is 23.5 Å². The van der Waals surface area contributed by atoms with Crippen LogP contribution in [0.3, 0.4) is 0 Å². The molecule has 0 aromatic rings. The lowest BCUT2D eigenvalue weighted by atomic mass is 10.3. The highest BCUT2D eigenvalue weighted by Gasteiger charge is 2.25. The monoisotopic (exact) mass is 248 g/mol. The van der Waals surface area contributed by atoms with Crippen molar-refractivity contribution >= 4 is 29.7 Å². The quantitative estimate of drug-likeness (QED) is 0.302. The molecule has 0 saturated heterocycles. The molecule has 0 heterocycles. The predicted molar refractivity (Wildman–Crippen MR) is 57.3 cm³/mol. The predicted octanol–water partition coefficient (Wildman–Crippen LogP) is -0.425. The number of nitrogens with two attached hydrogens (primary N) is 1. The molecule has 0 aromatic heterocycles. The second kappa shape index (κ2) is 6.72. The number of ether oxygens (including phenoxy) is 2. The van der Waals surface area contributed by atoms with Crippen LogP contribution in [0.2, 0.25) is 0 Å². The van der Waals surface area contributed by atoms with Crippen molar-refractivity contribution in [2.75, 3.05) is 20.5 Å². The second-order valence-corrected chi connectivity index (χ2v) is 3.20. The molecule has 0 unspecified atom stereocenters. The number of amides is 2. The van der Waals surface area contributed by atoms with Gasteiger partial charge in [0.15, 0.2) is 5.57 Å². The van der Waals surface area contributed by atoms with Crippen LogP contribution in [-0.2, 0) is 19.1 Å². The molecule has 3 N–H and O–H groups in total. The first-order chi connectivity index (χ1) is 7.47. The van der Waals surface area contributed by atoms with Gasteiger partial charge in [-0.25, -0.2) is 14.4 Å². The standard InChI is InChI=1S/C8H12N2O5S/c1-14-6(11)4(7(12)15-2)5(16-3)10-8(9)13/h1-3H3,(H3,9,10,13). The molecule has 0 rings (SSSR count). The highest BCUT2D eigenvalue weighted by molar-refractivity contribution is 8.02. The number of methoxy groups -OCH3 is 2. The van der Waals surface area contributed by atoms with Crippen LogP contribution in [0.5, 0.6) is 0 Å². The zero-order valence-electron chi connectivity index (χ0n) is 9.03. The maximum Gasteiger partial charge on any atom is 0.348 e. The molecule has 0 atom stereocenters. The van der Waals surface area contributed by atoms with Gasteiger partial charge in [-0.3, -0.25) is 0 Å². The van der Waals surface area contributed by atoms with E-state index in [1.165, 1.54) is 0 Å². The van der Waals surface area contributed by atoms with E-state index >= 15 is 0 Å². The maximum atomic E-state index is 11.3. The number of esters is 2. The summed E-state index contributed by atoms with van der Waals surface area (Å²) in [6.07, 6.45) is 1.55. The van der Waals surface area contributed by atoms with Crippen LogP contribution in [0.1, 0.15) is 0 Å². The first-order valence-corrected chi connectivity index (χ1v) is 5.21. The summed E-state index contributed by atoms with van der Waals surface area (Å²) in [5.41, 5.74) is 4.48. The first-order valence-electron chi connectivity index (χ1n) is 3.99. The van der Waals surface area contributed by atoms with Gasteiger partial charge in [-0.15, -0.1) is 11.8 Å². The molecule has 0 saturated carbocycles. The van der Waals surface area contributed by atoms with Crippen LogP contribution >= 0.6 is 11.8 Å². The Labute approximate surface area is 96.3 Å². The molecule has 0 aromatic carbocycles. The molecule has 2 amide bonds. The minimum Gasteiger partial charge on any atom is -0.465 e. The molecule has 0 bridgehead atoms. The van der Waals surface area contributed by atoms with Crippen molar-refractivity contribution in [2.24, 2.45) is 5.73 Å². The van der Waals surface area contributed by atoms with E-state index in [0.29, 0.717) is 0 Å². The fourth-order valence-electron chi connectivity index (χ4n) is 0.800. The van der Waals surface area contributed by atoms with E-state index in [2.05, 4.69) is 14.8 Å². The molecule has 0 aliphatic rings. The van der Waals surface area contributed by atoms with Gasteiger partial charge in [0.2, 0.25) is 0 Å². The number of carbonyl (C=O) groups excluding carboxylic acids is 3.